The maximum Gasteiger partial charge on any atom is 0.151 e. The summed E-state index contributed by atoms with van der Waals surface area (Å²) >= 11 is 0. The molecule has 0 radical (unpaired) electrons. The fourth-order valence-corrected chi connectivity index (χ4v) is 2.67. The Morgan fingerprint density at radius 3 is 2.86 bits per heavy atom. The number of benzene rings is 1. The van der Waals surface area contributed by atoms with Gasteiger partial charge in [-0.15, -0.1) is 10.2 Å². The summed E-state index contributed by atoms with van der Waals surface area (Å²) in [6.07, 6.45) is 2.05. The molecule has 1 aromatic heterocycles. The van der Waals surface area contributed by atoms with Crippen LogP contribution in [0.5, 0.6) is 5.75 Å². The van der Waals surface area contributed by atoms with Crippen LogP contribution in [0.15, 0.2) is 18.2 Å². The molecule has 3 rings (SSSR count). The average Bonchev–Trinajstić information content (AvgIpc) is 2.97. The second-order valence-corrected chi connectivity index (χ2v) is 5.47. The fraction of sp³-hybridized carbons (Fsp3) is 0.412. The number of nitrogens with one attached hydrogen (secondary N) is 1. The van der Waals surface area contributed by atoms with Gasteiger partial charge in [-0.2, -0.15) is 0 Å². The number of hydrogen-bond donors (Lipinski definition) is 1. The first kappa shape index (κ1) is 13.9. The van der Waals surface area contributed by atoms with Gasteiger partial charge < -0.3 is 10.1 Å². The Hall–Kier alpha value is -2.10. The Kier molecular flexibility index (Phi) is 3.78. The van der Waals surface area contributed by atoms with Crippen LogP contribution >= 0.6 is 0 Å². The first-order valence-electron chi connectivity index (χ1n) is 7.55. The lowest BCUT2D eigenvalue weighted by Crippen LogP contribution is -2.07. The van der Waals surface area contributed by atoms with Crippen molar-refractivity contribution in [1.29, 1.82) is 0 Å². The first-order valence-corrected chi connectivity index (χ1v) is 7.55. The van der Waals surface area contributed by atoms with Crippen molar-refractivity contribution in [2.24, 2.45) is 0 Å². The van der Waals surface area contributed by atoms with E-state index in [2.05, 4.69) is 54.5 Å². The van der Waals surface area contributed by atoms with E-state index in [1.807, 2.05) is 0 Å². The summed E-state index contributed by atoms with van der Waals surface area (Å²) in [5.41, 5.74) is 5.56. The second-order valence-electron chi connectivity index (χ2n) is 5.47. The Morgan fingerprint density at radius 1 is 1.19 bits per heavy atom. The van der Waals surface area contributed by atoms with E-state index < -0.39 is 0 Å². The van der Waals surface area contributed by atoms with Crippen LogP contribution in [-0.2, 0) is 6.42 Å². The van der Waals surface area contributed by atoms with Gasteiger partial charge in [0.2, 0.25) is 0 Å². The lowest BCUT2D eigenvalue weighted by atomic mass is 10.0. The van der Waals surface area contributed by atoms with Gasteiger partial charge in [0.05, 0.1) is 12.3 Å². The Labute approximate surface area is 125 Å². The number of fused-ring (bicyclic) bond motifs is 1. The van der Waals surface area contributed by atoms with Crippen molar-refractivity contribution in [3.63, 3.8) is 0 Å². The number of ether oxygens (including phenoxy) is 1. The molecule has 0 amide bonds. The van der Waals surface area contributed by atoms with Crippen LogP contribution in [0.4, 0.5) is 5.82 Å². The van der Waals surface area contributed by atoms with Gasteiger partial charge in [-0.3, -0.25) is 0 Å². The first-order chi connectivity index (χ1) is 10.2. The molecule has 4 heteroatoms. The van der Waals surface area contributed by atoms with Gasteiger partial charge in [0, 0.05) is 18.5 Å². The molecule has 0 fully saturated rings. The van der Waals surface area contributed by atoms with Gasteiger partial charge >= 0.3 is 0 Å². The maximum absolute atomic E-state index is 5.79. The fourth-order valence-electron chi connectivity index (χ4n) is 2.67. The average molecular weight is 283 g/mol. The molecule has 110 valence electrons. The Morgan fingerprint density at radius 2 is 2.05 bits per heavy atom. The Bertz CT molecular complexity index is 667. The van der Waals surface area contributed by atoms with E-state index in [-0.39, 0.29) is 0 Å². The van der Waals surface area contributed by atoms with Gasteiger partial charge in [0.25, 0.3) is 0 Å². The lowest BCUT2D eigenvalue weighted by Gasteiger charge is -2.14. The largest absolute Gasteiger partial charge is 0.492 e. The normalized spacial score (nSPS) is 12.9. The van der Waals surface area contributed by atoms with E-state index in [1.54, 1.807) is 0 Å². The molecule has 0 saturated carbocycles. The molecule has 0 spiro atoms. The quantitative estimate of drug-likeness (QED) is 0.932. The van der Waals surface area contributed by atoms with Crippen LogP contribution in [0.1, 0.15) is 30.0 Å². The number of aromatic nitrogens is 2. The van der Waals surface area contributed by atoms with Gasteiger partial charge in [0.15, 0.2) is 5.82 Å². The minimum absolute atomic E-state index is 0.758. The van der Waals surface area contributed by atoms with Crippen molar-refractivity contribution in [3.8, 4) is 17.0 Å². The summed E-state index contributed by atoms with van der Waals surface area (Å²) in [7, 11) is 0. The number of rotatable bonds is 4. The van der Waals surface area contributed by atoms with E-state index in [1.165, 1.54) is 5.56 Å². The molecule has 2 aromatic rings. The minimum atomic E-state index is 0.758. The molecule has 0 atom stereocenters. The third-order valence-corrected chi connectivity index (χ3v) is 4.03. The molecular formula is C17H21N3O. The van der Waals surface area contributed by atoms with Crippen LogP contribution in [-0.4, -0.2) is 23.3 Å². The standard InChI is InChI=1S/C17H21N3O/c1-4-9-18-17-12(3)11(2)15(19-20-17)14-7-5-6-13-8-10-21-16(13)14/h5-7H,4,8-10H2,1-3H3,(H,18,20). The van der Waals surface area contributed by atoms with Crippen LogP contribution in [0.2, 0.25) is 0 Å². The Balaban J connectivity index is 2.04. The van der Waals surface area contributed by atoms with E-state index in [9.17, 15) is 0 Å². The number of anilines is 1. The summed E-state index contributed by atoms with van der Waals surface area (Å²) in [6.45, 7) is 8.01. The third-order valence-electron chi connectivity index (χ3n) is 4.03. The highest BCUT2D eigenvalue weighted by Gasteiger charge is 2.20. The second kappa shape index (κ2) is 5.72. The molecule has 0 unspecified atom stereocenters. The van der Waals surface area contributed by atoms with E-state index in [4.69, 9.17) is 4.74 Å². The van der Waals surface area contributed by atoms with E-state index in [0.717, 1.165) is 59.9 Å². The predicted molar refractivity (Wildman–Crippen MR) is 84.9 cm³/mol. The monoisotopic (exact) mass is 283 g/mol. The molecular weight excluding hydrogens is 262 g/mol. The summed E-state index contributed by atoms with van der Waals surface area (Å²) in [5, 5.41) is 12.1. The molecule has 21 heavy (non-hydrogen) atoms. The highest BCUT2D eigenvalue weighted by atomic mass is 16.5. The van der Waals surface area contributed by atoms with Crippen molar-refractivity contribution in [2.45, 2.75) is 33.6 Å². The maximum atomic E-state index is 5.79. The lowest BCUT2D eigenvalue weighted by molar-refractivity contribution is 0.358. The van der Waals surface area contributed by atoms with E-state index >= 15 is 0 Å². The van der Waals surface area contributed by atoms with Crippen LogP contribution in [0, 0.1) is 13.8 Å². The van der Waals surface area contributed by atoms with Gasteiger partial charge in [-0.05, 0) is 43.0 Å². The molecule has 4 nitrogen and oxygen atoms in total. The van der Waals surface area contributed by atoms with Gasteiger partial charge in [0.1, 0.15) is 5.75 Å². The summed E-state index contributed by atoms with van der Waals surface area (Å²) in [4.78, 5) is 0. The van der Waals surface area contributed by atoms with Crippen molar-refractivity contribution >= 4 is 5.82 Å². The smallest absolute Gasteiger partial charge is 0.151 e. The molecule has 2 heterocycles. The van der Waals surface area contributed by atoms with Crippen LogP contribution in [0.25, 0.3) is 11.3 Å². The molecule has 1 aliphatic rings. The van der Waals surface area contributed by atoms with E-state index in [0.29, 0.717) is 0 Å². The van der Waals surface area contributed by atoms with Crippen LogP contribution < -0.4 is 10.1 Å². The summed E-state index contributed by atoms with van der Waals surface area (Å²) in [6, 6.07) is 6.26. The van der Waals surface area contributed by atoms with Crippen molar-refractivity contribution in [3.05, 3.63) is 34.9 Å². The molecule has 0 aliphatic carbocycles. The summed E-state index contributed by atoms with van der Waals surface area (Å²) in [5.74, 6) is 1.86. The predicted octanol–water partition coefficient (Wildman–Crippen LogP) is 3.52. The van der Waals surface area contributed by atoms with Crippen LogP contribution in [0.3, 0.4) is 0 Å². The van der Waals surface area contributed by atoms with Gasteiger partial charge in [-0.25, -0.2) is 0 Å². The number of hydrogen-bond acceptors (Lipinski definition) is 4. The minimum Gasteiger partial charge on any atom is -0.492 e. The zero-order chi connectivity index (χ0) is 14.8. The highest BCUT2D eigenvalue weighted by molar-refractivity contribution is 5.74. The zero-order valence-electron chi connectivity index (χ0n) is 12.9. The third kappa shape index (κ3) is 2.46. The van der Waals surface area contributed by atoms with Crippen molar-refractivity contribution < 1.29 is 4.74 Å². The molecule has 0 saturated heterocycles. The van der Waals surface area contributed by atoms with Crippen molar-refractivity contribution in [2.75, 3.05) is 18.5 Å². The van der Waals surface area contributed by atoms with Crippen molar-refractivity contribution in [1.82, 2.24) is 10.2 Å². The molecule has 1 aliphatic heterocycles. The topological polar surface area (TPSA) is 47.0 Å². The SMILES string of the molecule is CCCNc1nnc(-c2cccc3c2OCC3)c(C)c1C. The highest BCUT2D eigenvalue weighted by Crippen LogP contribution is 2.38. The molecule has 1 N–H and O–H groups in total. The number of para-hydroxylation sites is 1. The van der Waals surface area contributed by atoms with Gasteiger partial charge in [-0.1, -0.05) is 19.1 Å². The number of nitrogens with zero attached hydrogens (tertiary/aromatic N) is 2. The zero-order valence-corrected chi connectivity index (χ0v) is 12.9. The summed E-state index contributed by atoms with van der Waals surface area (Å²) < 4.78 is 5.79. The molecule has 1 aromatic carbocycles. The molecule has 0 bridgehead atoms.